The first-order chi connectivity index (χ1) is 12.9. The maximum Gasteiger partial charge on any atom is 0.269 e. The van der Waals surface area contributed by atoms with E-state index < -0.39 is 0 Å². The molecule has 3 nitrogen and oxygen atoms in total. The van der Waals surface area contributed by atoms with Gasteiger partial charge in [0.2, 0.25) is 0 Å². The van der Waals surface area contributed by atoms with Gasteiger partial charge in [-0.15, -0.1) is 22.7 Å². The lowest BCUT2D eigenvalue weighted by molar-refractivity contribution is 0.103. The number of anilines is 1. The lowest BCUT2D eigenvalue weighted by Gasteiger charge is -2.01. The Morgan fingerprint density at radius 3 is 2.67 bits per heavy atom. The Hall–Kier alpha value is -1.63. The summed E-state index contributed by atoms with van der Waals surface area (Å²) in [7, 11) is 0. The Balaban J connectivity index is 1.59. The number of benzene rings is 2. The average Bonchev–Trinajstić information content (AvgIpc) is 3.22. The van der Waals surface area contributed by atoms with Crippen molar-refractivity contribution in [2.75, 3.05) is 5.32 Å². The number of hydrogen-bond donors (Lipinski definition) is 1. The molecule has 0 saturated carbocycles. The fraction of sp³-hybridized carbons (Fsp3) is 0.0526. The zero-order chi connectivity index (χ0) is 19.1. The van der Waals surface area contributed by atoms with Crippen LogP contribution >= 0.6 is 57.5 Å². The number of aryl methyl sites for hydroxylation is 1. The van der Waals surface area contributed by atoms with Crippen molar-refractivity contribution in [1.82, 2.24) is 4.98 Å². The molecule has 8 heteroatoms. The van der Waals surface area contributed by atoms with Crippen LogP contribution in [0.5, 0.6) is 0 Å². The minimum Gasteiger partial charge on any atom is -0.297 e. The number of fused-ring (bicyclic) bond motifs is 1. The van der Waals surface area contributed by atoms with E-state index >= 15 is 0 Å². The minimum absolute atomic E-state index is 0.270. The molecule has 0 atom stereocenters. The Labute approximate surface area is 178 Å². The van der Waals surface area contributed by atoms with Crippen LogP contribution in [-0.2, 0) is 0 Å². The molecule has 0 bridgehead atoms. The molecule has 2 heterocycles. The van der Waals surface area contributed by atoms with Gasteiger partial charge in [0, 0.05) is 21.0 Å². The van der Waals surface area contributed by atoms with Gasteiger partial charge in [-0.1, -0.05) is 53.0 Å². The maximum atomic E-state index is 12.7. The Morgan fingerprint density at radius 1 is 1.07 bits per heavy atom. The molecule has 0 saturated heterocycles. The molecule has 0 unspecified atom stereocenters. The Bertz CT molecular complexity index is 1180. The number of aromatic nitrogens is 1. The van der Waals surface area contributed by atoms with Crippen LogP contribution in [0, 0.1) is 6.92 Å². The molecule has 4 rings (SSSR count). The van der Waals surface area contributed by atoms with E-state index in [1.165, 1.54) is 22.7 Å². The smallest absolute Gasteiger partial charge is 0.269 e. The summed E-state index contributed by atoms with van der Waals surface area (Å²) >= 11 is 21.1. The predicted molar refractivity (Wildman–Crippen MR) is 117 cm³/mol. The molecule has 27 heavy (non-hydrogen) atoms. The summed E-state index contributed by atoms with van der Waals surface area (Å²) < 4.78 is 0.987. The first-order valence-corrected chi connectivity index (χ1v) is 10.7. The van der Waals surface area contributed by atoms with Crippen molar-refractivity contribution in [3.63, 3.8) is 0 Å². The highest BCUT2D eigenvalue weighted by atomic mass is 35.5. The van der Waals surface area contributed by atoms with Crippen molar-refractivity contribution in [3.05, 3.63) is 67.3 Å². The summed E-state index contributed by atoms with van der Waals surface area (Å²) in [5.41, 5.74) is 2.67. The van der Waals surface area contributed by atoms with Crippen molar-refractivity contribution < 1.29 is 4.79 Å². The molecule has 0 fully saturated rings. The lowest BCUT2D eigenvalue weighted by Crippen LogP contribution is -2.10. The molecule has 0 aliphatic heterocycles. The minimum atomic E-state index is -0.270. The molecule has 1 amide bonds. The number of carbonyl (C=O) groups excluding carboxylic acids is 1. The van der Waals surface area contributed by atoms with E-state index in [0.29, 0.717) is 30.8 Å². The molecule has 136 valence electrons. The largest absolute Gasteiger partial charge is 0.297 e. The van der Waals surface area contributed by atoms with Gasteiger partial charge in [-0.05, 0) is 30.7 Å². The maximum absolute atomic E-state index is 12.7. The first-order valence-electron chi connectivity index (χ1n) is 7.83. The second-order valence-electron chi connectivity index (χ2n) is 5.87. The van der Waals surface area contributed by atoms with Crippen LogP contribution in [0.2, 0.25) is 15.1 Å². The van der Waals surface area contributed by atoms with Crippen LogP contribution in [0.4, 0.5) is 5.13 Å². The number of carbonyl (C=O) groups is 1. The number of amides is 1. The Morgan fingerprint density at radius 2 is 1.89 bits per heavy atom. The predicted octanol–water partition coefficient (Wildman–Crippen LogP) is 7.55. The highest BCUT2D eigenvalue weighted by molar-refractivity contribution is 7.22. The number of thiazole rings is 1. The van der Waals surface area contributed by atoms with Gasteiger partial charge < -0.3 is 0 Å². The summed E-state index contributed by atoms with van der Waals surface area (Å²) in [6.07, 6.45) is 0. The first kappa shape index (κ1) is 18.7. The molecule has 4 aromatic rings. The molecule has 0 spiro atoms. The molecule has 0 aliphatic carbocycles. The van der Waals surface area contributed by atoms with Gasteiger partial charge >= 0.3 is 0 Å². The van der Waals surface area contributed by atoms with Crippen molar-refractivity contribution in [2.24, 2.45) is 0 Å². The fourth-order valence-corrected chi connectivity index (χ4v) is 5.11. The van der Waals surface area contributed by atoms with Crippen LogP contribution in [0.1, 0.15) is 15.2 Å². The molecule has 1 N–H and O–H groups in total. The van der Waals surface area contributed by atoms with Gasteiger partial charge in [-0.3, -0.25) is 10.1 Å². The number of rotatable bonds is 3. The molecular formula is C19H11Cl3N2OS2. The van der Waals surface area contributed by atoms with Crippen molar-refractivity contribution in [1.29, 1.82) is 0 Å². The van der Waals surface area contributed by atoms with Crippen LogP contribution in [0.3, 0.4) is 0 Å². The number of nitrogens with zero attached hydrogens (tertiary/aromatic N) is 1. The molecular weight excluding hydrogens is 443 g/mol. The summed E-state index contributed by atoms with van der Waals surface area (Å²) in [5, 5.41) is 7.46. The van der Waals surface area contributed by atoms with E-state index in [2.05, 4.69) is 10.3 Å². The monoisotopic (exact) mass is 452 g/mol. The van der Waals surface area contributed by atoms with Crippen molar-refractivity contribution >= 4 is 78.6 Å². The standard InChI is InChI=1S/C19H11Cl3N2OS2/c1-9-2-4-11-15(6-9)27-17(16(11)22)18(25)24-19-23-14(8-26-19)10-3-5-12(20)13(21)7-10/h2-8H,1H3,(H,23,24,25). The second kappa shape index (κ2) is 7.41. The van der Waals surface area contributed by atoms with E-state index in [9.17, 15) is 4.79 Å². The van der Waals surface area contributed by atoms with Crippen LogP contribution in [0.15, 0.2) is 41.8 Å². The van der Waals surface area contributed by atoms with E-state index in [4.69, 9.17) is 34.8 Å². The zero-order valence-electron chi connectivity index (χ0n) is 13.8. The van der Waals surface area contributed by atoms with Crippen molar-refractivity contribution in [2.45, 2.75) is 6.92 Å². The number of thiophene rings is 1. The average molecular weight is 454 g/mol. The number of nitrogens with one attached hydrogen (secondary N) is 1. The highest BCUT2D eigenvalue weighted by Crippen LogP contribution is 2.37. The summed E-state index contributed by atoms with van der Waals surface area (Å²) in [6, 6.07) is 11.2. The van der Waals surface area contributed by atoms with Gasteiger partial charge in [0.15, 0.2) is 5.13 Å². The molecule has 0 aliphatic rings. The van der Waals surface area contributed by atoms with Gasteiger partial charge in [0.1, 0.15) is 4.88 Å². The third-order valence-corrected chi connectivity index (χ3v) is 7.08. The van der Waals surface area contributed by atoms with Gasteiger partial charge in [0.05, 0.1) is 20.8 Å². The molecule has 2 aromatic carbocycles. The third-order valence-electron chi connectivity index (χ3n) is 3.93. The zero-order valence-corrected chi connectivity index (χ0v) is 17.7. The molecule has 0 radical (unpaired) electrons. The van der Waals surface area contributed by atoms with E-state index in [1.807, 2.05) is 36.6 Å². The van der Waals surface area contributed by atoms with Gasteiger partial charge in [-0.25, -0.2) is 4.98 Å². The van der Waals surface area contributed by atoms with E-state index in [1.54, 1.807) is 12.1 Å². The van der Waals surface area contributed by atoms with Gasteiger partial charge in [-0.2, -0.15) is 0 Å². The SMILES string of the molecule is Cc1ccc2c(Cl)c(C(=O)Nc3nc(-c4ccc(Cl)c(Cl)c4)cs3)sc2c1. The summed E-state index contributed by atoms with van der Waals surface area (Å²) in [4.78, 5) is 17.6. The van der Waals surface area contributed by atoms with E-state index in [-0.39, 0.29) is 5.91 Å². The number of hydrogen-bond acceptors (Lipinski definition) is 4. The van der Waals surface area contributed by atoms with Gasteiger partial charge in [0.25, 0.3) is 5.91 Å². The van der Waals surface area contributed by atoms with Crippen LogP contribution in [-0.4, -0.2) is 10.9 Å². The normalized spacial score (nSPS) is 11.1. The quantitative estimate of drug-likeness (QED) is 0.348. The third kappa shape index (κ3) is 3.71. The fourth-order valence-electron chi connectivity index (χ4n) is 2.59. The van der Waals surface area contributed by atoms with Crippen molar-refractivity contribution in [3.8, 4) is 11.3 Å². The van der Waals surface area contributed by atoms with Crippen LogP contribution < -0.4 is 5.32 Å². The number of halogens is 3. The van der Waals surface area contributed by atoms with E-state index in [0.717, 1.165) is 21.2 Å². The Kier molecular flexibility index (Phi) is 5.14. The lowest BCUT2D eigenvalue weighted by atomic mass is 10.2. The topological polar surface area (TPSA) is 42.0 Å². The van der Waals surface area contributed by atoms with Crippen LogP contribution in [0.25, 0.3) is 21.3 Å². The summed E-state index contributed by atoms with van der Waals surface area (Å²) in [5.74, 6) is -0.270. The summed E-state index contributed by atoms with van der Waals surface area (Å²) in [6.45, 7) is 2.01. The molecule has 2 aromatic heterocycles. The second-order valence-corrected chi connectivity index (χ2v) is 8.97. The highest BCUT2D eigenvalue weighted by Gasteiger charge is 2.18.